The molecule has 2 fully saturated rings. The van der Waals surface area contributed by atoms with Crippen molar-refractivity contribution >= 4 is 22.6 Å². The van der Waals surface area contributed by atoms with E-state index in [0.29, 0.717) is 0 Å². The molecule has 4 unspecified atom stereocenters. The van der Waals surface area contributed by atoms with Crippen LogP contribution in [-0.2, 0) is 0 Å². The summed E-state index contributed by atoms with van der Waals surface area (Å²) in [5.41, 5.74) is 0. The molecular weight excluding hydrogens is 271 g/mol. The maximum Gasteiger partial charge on any atom is 0.0112 e. The molecule has 0 N–H and O–H groups in total. The quantitative estimate of drug-likeness (QED) is 0.386. The number of hydrogen-bond donors (Lipinski definition) is 0. The fourth-order valence-corrected chi connectivity index (χ4v) is 4.10. The van der Waals surface area contributed by atoms with Crippen LogP contribution in [0.1, 0.15) is 38.5 Å². The minimum absolute atomic E-state index is 0.836. The van der Waals surface area contributed by atoms with Crippen molar-refractivity contribution in [3.63, 3.8) is 0 Å². The molecule has 0 spiro atoms. The lowest BCUT2D eigenvalue weighted by Crippen LogP contribution is -2.30. The summed E-state index contributed by atoms with van der Waals surface area (Å²) in [7, 11) is 0. The van der Waals surface area contributed by atoms with Crippen molar-refractivity contribution in [3.05, 3.63) is 12.7 Å². The first-order valence-electron chi connectivity index (χ1n) is 5.56. The Bertz CT molecular complexity index is 188. The van der Waals surface area contributed by atoms with Crippen LogP contribution in [0.4, 0.5) is 0 Å². The molecule has 0 aromatic rings. The summed E-state index contributed by atoms with van der Waals surface area (Å²) in [6, 6.07) is 0. The van der Waals surface area contributed by atoms with Crippen molar-refractivity contribution in [2.45, 2.75) is 42.4 Å². The number of allylic oxidation sites excluding steroid dienone is 1. The Morgan fingerprint density at radius 3 is 2.54 bits per heavy atom. The Morgan fingerprint density at radius 2 is 1.77 bits per heavy atom. The van der Waals surface area contributed by atoms with Crippen LogP contribution in [0.3, 0.4) is 0 Å². The van der Waals surface area contributed by atoms with Gasteiger partial charge in [0.1, 0.15) is 0 Å². The zero-order valence-corrected chi connectivity index (χ0v) is 10.4. The lowest BCUT2D eigenvalue weighted by atomic mass is 9.67. The summed E-state index contributed by atoms with van der Waals surface area (Å²) >= 11 is 2.64. The standard InChI is InChI=1S/C12H19I/c1-2-9-3-4-10-5-6-12(13)8-11(10)7-9/h2,9-12H,1,3-8H2. The van der Waals surface area contributed by atoms with Crippen LogP contribution in [0.2, 0.25) is 0 Å². The molecule has 2 aliphatic carbocycles. The summed E-state index contributed by atoms with van der Waals surface area (Å²) in [4.78, 5) is 0. The molecule has 0 radical (unpaired) electrons. The summed E-state index contributed by atoms with van der Waals surface area (Å²) < 4.78 is 0.961. The fourth-order valence-electron chi connectivity index (χ4n) is 3.09. The molecule has 0 aromatic carbocycles. The van der Waals surface area contributed by atoms with E-state index < -0.39 is 0 Å². The van der Waals surface area contributed by atoms with Gasteiger partial charge in [0.2, 0.25) is 0 Å². The lowest BCUT2D eigenvalue weighted by Gasteiger charge is -2.40. The molecule has 0 heterocycles. The van der Waals surface area contributed by atoms with Gasteiger partial charge in [-0.15, -0.1) is 6.58 Å². The molecule has 0 aliphatic heterocycles. The summed E-state index contributed by atoms with van der Waals surface area (Å²) in [6.45, 7) is 3.94. The SMILES string of the molecule is C=CC1CCC2CCC(I)CC2C1. The first kappa shape index (κ1) is 10.0. The first-order chi connectivity index (χ1) is 6.29. The molecule has 0 amide bonds. The van der Waals surface area contributed by atoms with Crippen LogP contribution in [-0.4, -0.2) is 3.92 Å². The highest BCUT2D eigenvalue weighted by atomic mass is 127. The smallest absolute Gasteiger partial charge is 0.0112 e. The average Bonchev–Trinajstić information content (AvgIpc) is 2.16. The van der Waals surface area contributed by atoms with E-state index in [9.17, 15) is 0 Å². The molecule has 2 aliphatic rings. The zero-order valence-electron chi connectivity index (χ0n) is 8.21. The minimum atomic E-state index is 0.836. The van der Waals surface area contributed by atoms with Crippen LogP contribution in [0.15, 0.2) is 12.7 Å². The zero-order chi connectivity index (χ0) is 9.26. The molecule has 0 saturated heterocycles. The van der Waals surface area contributed by atoms with Gasteiger partial charge in [-0.2, -0.15) is 0 Å². The third kappa shape index (κ3) is 2.28. The van der Waals surface area contributed by atoms with Gasteiger partial charge < -0.3 is 0 Å². The topological polar surface area (TPSA) is 0 Å². The maximum atomic E-state index is 3.94. The van der Waals surface area contributed by atoms with Crippen molar-refractivity contribution < 1.29 is 0 Å². The Kier molecular flexibility index (Phi) is 3.33. The van der Waals surface area contributed by atoms with Gasteiger partial charge in [-0.1, -0.05) is 28.7 Å². The molecule has 74 valence electrons. The lowest BCUT2D eigenvalue weighted by molar-refractivity contribution is 0.153. The second-order valence-corrected chi connectivity index (χ2v) is 6.50. The highest BCUT2D eigenvalue weighted by molar-refractivity contribution is 14.1. The Hall–Kier alpha value is 0.470. The second kappa shape index (κ2) is 4.33. The second-order valence-electron chi connectivity index (χ2n) is 4.74. The van der Waals surface area contributed by atoms with Crippen molar-refractivity contribution in [2.24, 2.45) is 17.8 Å². The van der Waals surface area contributed by atoms with Gasteiger partial charge >= 0.3 is 0 Å². The van der Waals surface area contributed by atoms with Gasteiger partial charge in [0.15, 0.2) is 0 Å². The van der Waals surface area contributed by atoms with Crippen molar-refractivity contribution in [2.75, 3.05) is 0 Å². The predicted octanol–water partition coefficient (Wildman–Crippen LogP) is 4.19. The van der Waals surface area contributed by atoms with Gasteiger partial charge in [0, 0.05) is 3.92 Å². The van der Waals surface area contributed by atoms with Crippen LogP contribution in [0.5, 0.6) is 0 Å². The number of hydrogen-bond acceptors (Lipinski definition) is 0. The summed E-state index contributed by atoms with van der Waals surface area (Å²) in [6.07, 6.45) is 11.0. The van der Waals surface area contributed by atoms with Crippen molar-refractivity contribution in [1.29, 1.82) is 0 Å². The molecule has 1 heteroatoms. The normalized spacial score (nSPS) is 45.3. The van der Waals surface area contributed by atoms with Crippen LogP contribution >= 0.6 is 22.6 Å². The molecule has 0 aromatic heterocycles. The number of halogens is 1. The molecule has 0 nitrogen and oxygen atoms in total. The Labute approximate surface area is 95.3 Å². The predicted molar refractivity (Wildman–Crippen MR) is 66.2 cm³/mol. The van der Waals surface area contributed by atoms with Gasteiger partial charge in [0.05, 0.1) is 0 Å². The summed E-state index contributed by atoms with van der Waals surface area (Å²) in [5, 5.41) is 0. The van der Waals surface area contributed by atoms with E-state index in [1.54, 1.807) is 0 Å². The number of rotatable bonds is 1. The molecule has 0 bridgehead atoms. The number of fused-ring (bicyclic) bond motifs is 1. The molecule has 2 rings (SSSR count). The Balaban J connectivity index is 1.95. The van der Waals surface area contributed by atoms with Gasteiger partial charge in [0.25, 0.3) is 0 Å². The first-order valence-corrected chi connectivity index (χ1v) is 6.80. The van der Waals surface area contributed by atoms with Crippen LogP contribution < -0.4 is 0 Å². The molecule has 4 atom stereocenters. The molecule has 2 saturated carbocycles. The minimum Gasteiger partial charge on any atom is -0.103 e. The van der Waals surface area contributed by atoms with E-state index in [4.69, 9.17) is 0 Å². The molecule has 13 heavy (non-hydrogen) atoms. The average molecular weight is 290 g/mol. The largest absolute Gasteiger partial charge is 0.103 e. The van der Waals surface area contributed by atoms with E-state index >= 15 is 0 Å². The monoisotopic (exact) mass is 290 g/mol. The van der Waals surface area contributed by atoms with Gasteiger partial charge in [-0.25, -0.2) is 0 Å². The van der Waals surface area contributed by atoms with E-state index in [-0.39, 0.29) is 0 Å². The van der Waals surface area contributed by atoms with Gasteiger partial charge in [-0.3, -0.25) is 0 Å². The molecular formula is C12H19I. The number of alkyl halides is 1. The maximum absolute atomic E-state index is 3.94. The Morgan fingerprint density at radius 1 is 1.00 bits per heavy atom. The third-order valence-corrected chi connectivity index (χ3v) is 5.05. The highest BCUT2D eigenvalue weighted by Gasteiger charge is 2.33. The van der Waals surface area contributed by atoms with E-state index in [1.165, 1.54) is 38.5 Å². The van der Waals surface area contributed by atoms with Crippen molar-refractivity contribution in [3.8, 4) is 0 Å². The third-order valence-electron chi connectivity index (χ3n) is 3.92. The van der Waals surface area contributed by atoms with Crippen LogP contribution in [0.25, 0.3) is 0 Å². The van der Waals surface area contributed by atoms with E-state index in [0.717, 1.165) is 21.7 Å². The van der Waals surface area contributed by atoms with E-state index in [2.05, 4.69) is 35.2 Å². The van der Waals surface area contributed by atoms with Gasteiger partial charge in [-0.05, 0) is 56.3 Å². The highest BCUT2D eigenvalue weighted by Crippen LogP contribution is 2.44. The van der Waals surface area contributed by atoms with Crippen molar-refractivity contribution in [1.82, 2.24) is 0 Å². The summed E-state index contributed by atoms with van der Waals surface area (Å²) in [5.74, 6) is 2.94. The van der Waals surface area contributed by atoms with Crippen LogP contribution in [0, 0.1) is 17.8 Å². The van der Waals surface area contributed by atoms with E-state index in [1.807, 2.05) is 0 Å². The fraction of sp³-hybridized carbons (Fsp3) is 0.833.